The lowest BCUT2D eigenvalue weighted by Gasteiger charge is -2.27. The molecule has 8 nitrogen and oxygen atoms in total. The van der Waals surface area contributed by atoms with Crippen LogP contribution in [0.2, 0.25) is 5.02 Å². The number of amides is 3. The third kappa shape index (κ3) is 6.27. The quantitative estimate of drug-likeness (QED) is 0.548. The number of carbonyl (C=O) groups excluding carboxylic acids is 2. The van der Waals surface area contributed by atoms with Crippen molar-refractivity contribution in [2.24, 2.45) is 5.10 Å². The van der Waals surface area contributed by atoms with Crippen molar-refractivity contribution in [2.45, 2.75) is 25.8 Å². The monoisotopic (exact) mass is 486 g/mol. The molecular weight excluding hydrogens is 456 g/mol. The van der Waals surface area contributed by atoms with E-state index in [1.54, 1.807) is 20.3 Å². The minimum atomic E-state index is -0.384. The first-order valence-electron chi connectivity index (χ1n) is 11.3. The molecule has 2 aromatic carbocycles. The highest BCUT2D eigenvalue weighted by atomic mass is 35.5. The lowest BCUT2D eigenvalue weighted by Crippen LogP contribution is -2.47. The van der Waals surface area contributed by atoms with Crippen LogP contribution in [0.15, 0.2) is 53.6 Å². The van der Waals surface area contributed by atoms with Crippen molar-refractivity contribution in [2.75, 3.05) is 40.5 Å². The maximum absolute atomic E-state index is 13.5. The topological polar surface area (TPSA) is 83.5 Å². The molecule has 3 amide bonds. The Morgan fingerprint density at radius 1 is 1.21 bits per heavy atom. The second-order valence-corrected chi connectivity index (χ2v) is 8.31. The van der Waals surface area contributed by atoms with Crippen molar-refractivity contribution < 1.29 is 19.1 Å². The normalized spacial score (nSPS) is 15.1. The van der Waals surface area contributed by atoms with Crippen LogP contribution in [-0.4, -0.2) is 68.0 Å². The van der Waals surface area contributed by atoms with Gasteiger partial charge in [-0.3, -0.25) is 4.79 Å². The molecule has 1 aliphatic rings. The van der Waals surface area contributed by atoms with Gasteiger partial charge in [0.1, 0.15) is 12.3 Å². The van der Waals surface area contributed by atoms with Crippen LogP contribution in [0.3, 0.4) is 0 Å². The fourth-order valence-electron chi connectivity index (χ4n) is 3.74. The molecule has 1 atom stereocenters. The minimum Gasteiger partial charge on any atom is -0.497 e. The number of rotatable bonds is 10. The molecule has 0 saturated heterocycles. The number of nitrogens with zero attached hydrogens (tertiary/aromatic N) is 3. The molecule has 2 aromatic rings. The molecule has 0 aromatic heterocycles. The highest BCUT2D eigenvalue weighted by molar-refractivity contribution is 6.31. The summed E-state index contributed by atoms with van der Waals surface area (Å²) in [6, 6.07) is 14.3. The van der Waals surface area contributed by atoms with Crippen LogP contribution in [0, 0.1) is 0 Å². The van der Waals surface area contributed by atoms with E-state index in [4.69, 9.17) is 21.1 Å². The molecule has 0 unspecified atom stereocenters. The molecule has 182 valence electrons. The van der Waals surface area contributed by atoms with E-state index in [0.717, 1.165) is 23.3 Å². The Hall–Kier alpha value is -3.10. The van der Waals surface area contributed by atoms with Gasteiger partial charge in [0.25, 0.3) is 5.91 Å². The number of carbonyl (C=O) groups is 2. The Kier molecular flexibility index (Phi) is 9.30. The van der Waals surface area contributed by atoms with Crippen LogP contribution < -0.4 is 10.1 Å². The van der Waals surface area contributed by atoms with Crippen LogP contribution in [-0.2, 0) is 9.53 Å². The SMILES string of the molecule is CCCNC(=O)N(CCOC)CC(=O)N1N=C(c2cccc(OC)c2)C[C@H]1c1ccccc1Cl. The number of nitrogens with one attached hydrogen (secondary N) is 1. The van der Waals surface area contributed by atoms with Gasteiger partial charge in [-0.1, -0.05) is 48.9 Å². The standard InChI is InChI=1S/C25H31ClN4O4/c1-4-12-27-25(32)29(13-14-33-2)17-24(31)30-23(20-10-5-6-11-21(20)26)16-22(28-30)18-8-7-9-19(15-18)34-3/h5-11,15,23H,4,12-14,16-17H2,1-3H3,(H,27,32)/t23-/m0/s1. The van der Waals surface area contributed by atoms with E-state index in [2.05, 4.69) is 10.4 Å². The summed E-state index contributed by atoms with van der Waals surface area (Å²) in [5.74, 6) is 0.406. The molecule has 9 heteroatoms. The molecule has 0 fully saturated rings. The third-order valence-corrected chi connectivity index (χ3v) is 5.88. The average molecular weight is 487 g/mol. The van der Waals surface area contributed by atoms with Gasteiger partial charge >= 0.3 is 6.03 Å². The Balaban J connectivity index is 1.90. The van der Waals surface area contributed by atoms with Crippen molar-refractivity contribution in [3.8, 4) is 5.75 Å². The molecule has 3 rings (SSSR count). The fourth-order valence-corrected chi connectivity index (χ4v) is 4.00. The van der Waals surface area contributed by atoms with Crippen molar-refractivity contribution in [1.29, 1.82) is 0 Å². The van der Waals surface area contributed by atoms with Crippen molar-refractivity contribution in [3.05, 3.63) is 64.7 Å². The molecule has 1 heterocycles. The van der Waals surface area contributed by atoms with Gasteiger partial charge in [0.15, 0.2) is 0 Å². The van der Waals surface area contributed by atoms with Crippen molar-refractivity contribution in [1.82, 2.24) is 15.2 Å². The Morgan fingerprint density at radius 2 is 2.00 bits per heavy atom. The zero-order chi connectivity index (χ0) is 24.5. The summed E-state index contributed by atoms with van der Waals surface area (Å²) in [6.45, 7) is 2.97. The molecule has 0 radical (unpaired) electrons. The lowest BCUT2D eigenvalue weighted by atomic mass is 9.98. The van der Waals surface area contributed by atoms with Crippen LogP contribution in [0.1, 0.15) is 36.9 Å². The third-order valence-electron chi connectivity index (χ3n) is 5.54. The lowest BCUT2D eigenvalue weighted by molar-refractivity contribution is -0.133. The zero-order valence-electron chi connectivity index (χ0n) is 19.8. The predicted octanol–water partition coefficient (Wildman–Crippen LogP) is 4.09. The Morgan fingerprint density at radius 3 is 2.71 bits per heavy atom. The van der Waals surface area contributed by atoms with Gasteiger partial charge in [0.05, 0.1) is 25.5 Å². The van der Waals surface area contributed by atoms with E-state index in [-0.39, 0.29) is 31.1 Å². The summed E-state index contributed by atoms with van der Waals surface area (Å²) in [6.07, 6.45) is 1.29. The molecule has 0 saturated carbocycles. The first-order valence-corrected chi connectivity index (χ1v) is 11.7. The van der Waals surface area contributed by atoms with E-state index in [1.165, 1.54) is 9.91 Å². The number of hydrogen-bond acceptors (Lipinski definition) is 5. The first kappa shape index (κ1) is 25.5. The Labute approximate surface area is 205 Å². The molecule has 0 aliphatic carbocycles. The number of halogens is 1. The summed E-state index contributed by atoms with van der Waals surface area (Å²) < 4.78 is 10.5. The Bertz CT molecular complexity index is 1030. The number of methoxy groups -OCH3 is 2. The highest BCUT2D eigenvalue weighted by Crippen LogP contribution is 2.36. The minimum absolute atomic E-state index is 0.130. The van der Waals surface area contributed by atoms with Crippen LogP contribution in [0.5, 0.6) is 5.75 Å². The molecule has 34 heavy (non-hydrogen) atoms. The van der Waals surface area contributed by atoms with Gasteiger partial charge in [-0.2, -0.15) is 5.10 Å². The summed E-state index contributed by atoms with van der Waals surface area (Å²) in [7, 11) is 3.17. The van der Waals surface area contributed by atoms with E-state index < -0.39 is 0 Å². The summed E-state index contributed by atoms with van der Waals surface area (Å²) in [4.78, 5) is 27.6. The van der Waals surface area contributed by atoms with Gasteiger partial charge in [-0.05, 0) is 30.2 Å². The summed E-state index contributed by atoms with van der Waals surface area (Å²) >= 11 is 6.50. The van der Waals surface area contributed by atoms with Crippen LogP contribution >= 0.6 is 11.6 Å². The molecular formula is C25H31ClN4O4. The van der Waals surface area contributed by atoms with Crippen molar-refractivity contribution in [3.63, 3.8) is 0 Å². The van der Waals surface area contributed by atoms with Crippen LogP contribution in [0.25, 0.3) is 0 Å². The summed E-state index contributed by atoms with van der Waals surface area (Å²) in [5.41, 5.74) is 2.41. The van der Waals surface area contributed by atoms with Gasteiger partial charge in [-0.25, -0.2) is 9.80 Å². The number of ether oxygens (including phenoxy) is 2. The van der Waals surface area contributed by atoms with E-state index in [9.17, 15) is 9.59 Å². The maximum atomic E-state index is 13.5. The number of benzene rings is 2. The largest absolute Gasteiger partial charge is 0.497 e. The second-order valence-electron chi connectivity index (χ2n) is 7.90. The molecule has 0 bridgehead atoms. The zero-order valence-corrected chi connectivity index (χ0v) is 20.5. The van der Waals surface area contributed by atoms with Gasteiger partial charge in [-0.15, -0.1) is 0 Å². The smallest absolute Gasteiger partial charge is 0.317 e. The fraction of sp³-hybridized carbons (Fsp3) is 0.400. The van der Waals surface area contributed by atoms with Crippen molar-refractivity contribution >= 4 is 29.3 Å². The van der Waals surface area contributed by atoms with E-state index in [1.807, 2.05) is 49.4 Å². The van der Waals surface area contributed by atoms with E-state index in [0.29, 0.717) is 30.3 Å². The molecule has 0 spiro atoms. The summed E-state index contributed by atoms with van der Waals surface area (Å²) in [5, 5.41) is 9.52. The maximum Gasteiger partial charge on any atom is 0.317 e. The average Bonchev–Trinajstić information content (AvgIpc) is 3.30. The van der Waals surface area contributed by atoms with Crippen LogP contribution in [0.4, 0.5) is 4.79 Å². The number of hydrazone groups is 1. The predicted molar refractivity (Wildman–Crippen MR) is 132 cm³/mol. The van der Waals surface area contributed by atoms with E-state index >= 15 is 0 Å². The highest BCUT2D eigenvalue weighted by Gasteiger charge is 2.35. The second kappa shape index (κ2) is 12.4. The van der Waals surface area contributed by atoms with Gasteiger partial charge in [0, 0.05) is 37.2 Å². The molecule has 1 N–H and O–H groups in total. The first-order chi connectivity index (χ1) is 16.5. The molecule has 1 aliphatic heterocycles. The van der Waals surface area contributed by atoms with Gasteiger partial charge < -0.3 is 19.7 Å². The van der Waals surface area contributed by atoms with Gasteiger partial charge in [0.2, 0.25) is 0 Å². The number of hydrogen-bond donors (Lipinski definition) is 1. The number of urea groups is 1.